The minimum atomic E-state index is -0.932. The molecule has 0 aromatic carbocycles. The Kier molecular flexibility index (Phi) is 33.1. The van der Waals surface area contributed by atoms with Gasteiger partial charge in [0.2, 0.25) is 0 Å². The van der Waals surface area contributed by atoms with Gasteiger partial charge in [0.1, 0.15) is 0 Å². The van der Waals surface area contributed by atoms with E-state index in [1.165, 1.54) is 0 Å². The second-order valence-corrected chi connectivity index (χ2v) is 3.66. The molecular weight excluding hydrogens is 264 g/mol. The third-order valence-electron chi connectivity index (χ3n) is 1.97. The van der Waals surface area contributed by atoms with Gasteiger partial charge in [0.25, 0.3) is 0 Å². The van der Waals surface area contributed by atoms with E-state index in [0.717, 1.165) is 38.5 Å². The number of hydrogen-bond donors (Lipinski definition) is 0. The Labute approximate surface area is 139 Å². The zero-order chi connectivity index (χ0) is 12.8. The van der Waals surface area contributed by atoms with Gasteiger partial charge in [-0.3, -0.25) is 0 Å². The summed E-state index contributed by atoms with van der Waals surface area (Å²) in [6.45, 7) is 4.07. The number of hydrogen-bond acceptors (Lipinski definition) is 4. The second kappa shape index (κ2) is 22.3. The number of rotatable bonds is 8. The van der Waals surface area contributed by atoms with Crippen molar-refractivity contribution in [1.29, 1.82) is 0 Å². The summed E-state index contributed by atoms with van der Waals surface area (Å²) in [6.07, 6.45) is 6.07. The monoisotopic (exact) mass is 288 g/mol. The second-order valence-electron chi connectivity index (χ2n) is 3.66. The van der Waals surface area contributed by atoms with Crippen LogP contribution in [0.25, 0.3) is 0 Å². The molecule has 2 N–H and O–H groups in total. The van der Waals surface area contributed by atoms with Crippen molar-refractivity contribution in [2.24, 2.45) is 0 Å². The Morgan fingerprint density at radius 2 is 1.06 bits per heavy atom. The molecule has 0 aromatic heterocycles. The number of carbonyl (C=O) groups is 2. The van der Waals surface area contributed by atoms with Gasteiger partial charge in [0.05, 0.1) is 0 Å². The van der Waals surface area contributed by atoms with Crippen molar-refractivity contribution in [2.75, 3.05) is 0 Å². The van der Waals surface area contributed by atoms with E-state index in [9.17, 15) is 19.8 Å². The molecule has 5 nitrogen and oxygen atoms in total. The number of aliphatic carboxylic acids is 2. The van der Waals surface area contributed by atoms with Crippen LogP contribution in [0.2, 0.25) is 0 Å². The molecule has 0 amide bonds. The summed E-state index contributed by atoms with van der Waals surface area (Å²) in [6, 6.07) is 0. The van der Waals surface area contributed by atoms with Crippen molar-refractivity contribution in [3.8, 4) is 0 Å². The van der Waals surface area contributed by atoms with Crippen LogP contribution in [0.15, 0.2) is 0 Å². The number of carbonyl (C=O) groups excluding carboxylic acids is 2. The molecule has 0 aliphatic carbocycles. The van der Waals surface area contributed by atoms with E-state index in [2.05, 4.69) is 0 Å². The van der Waals surface area contributed by atoms with Crippen LogP contribution in [0.1, 0.15) is 65.2 Å². The number of unbranched alkanes of at least 4 members (excludes halogenated alkanes) is 4. The summed E-state index contributed by atoms with van der Waals surface area (Å²) < 4.78 is 0. The Morgan fingerprint density at radius 3 is 1.22 bits per heavy atom. The molecule has 0 aromatic rings. The van der Waals surface area contributed by atoms with E-state index in [1.54, 1.807) is 0 Å². The molecule has 0 unspecified atom stereocenters. The van der Waals surface area contributed by atoms with Gasteiger partial charge < -0.3 is 25.3 Å². The van der Waals surface area contributed by atoms with E-state index >= 15 is 0 Å². The van der Waals surface area contributed by atoms with Crippen molar-refractivity contribution in [3.05, 3.63) is 0 Å². The first-order chi connectivity index (χ1) is 7.54. The Hall–Kier alpha value is 0.160. The van der Waals surface area contributed by atoms with Crippen molar-refractivity contribution in [1.82, 2.24) is 0 Å². The van der Waals surface area contributed by atoms with Crippen LogP contribution in [-0.4, -0.2) is 55.2 Å². The Balaban J connectivity index is -0.0000000980. The fourth-order valence-corrected chi connectivity index (χ4v) is 1.04. The molecule has 0 fully saturated rings. The zero-order valence-electron chi connectivity index (χ0n) is 11.5. The minimum absolute atomic E-state index is 0. The predicted octanol–water partition coefficient (Wildman–Crippen LogP) is -0.572. The summed E-state index contributed by atoms with van der Waals surface area (Å²) in [5.41, 5.74) is 0. The van der Waals surface area contributed by atoms with E-state index in [1.807, 2.05) is 13.8 Å². The first-order valence-corrected chi connectivity index (χ1v) is 5.94. The zero-order valence-corrected chi connectivity index (χ0v) is 13.7. The summed E-state index contributed by atoms with van der Waals surface area (Å²) in [4.78, 5) is 19.5. The van der Waals surface area contributed by atoms with Crippen LogP contribution >= 0.6 is 0 Å². The van der Waals surface area contributed by atoms with Crippen LogP contribution in [0.4, 0.5) is 0 Å². The van der Waals surface area contributed by atoms with Crippen LogP contribution in [-0.2, 0) is 9.59 Å². The topological polar surface area (TPSA) is 112 Å². The molecule has 104 valence electrons. The van der Waals surface area contributed by atoms with E-state index in [0.29, 0.717) is 0 Å². The van der Waals surface area contributed by atoms with Crippen LogP contribution < -0.4 is 10.2 Å². The summed E-state index contributed by atoms with van der Waals surface area (Å²) in [7, 11) is 0. The molecule has 0 heterocycles. The third kappa shape index (κ3) is 36.0. The van der Waals surface area contributed by atoms with Crippen molar-refractivity contribution in [3.63, 3.8) is 0 Å². The van der Waals surface area contributed by atoms with Crippen molar-refractivity contribution >= 4 is 49.7 Å². The molecular formula is C12H24CaO5. The maximum Gasteiger partial charge on any atom is 2.00 e. The van der Waals surface area contributed by atoms with Gasteiger partial charge in [-0.25, -0.2) is 0 Å². The quantitative estimate of drug-likeness (QED) is 0.439. The summed E-state index contributed by atoms with van der Waals surface area (Å²) in [5.74, 6) is -1.86. The first-order valence-electron chi connectivity index (χ1n) is 5.94. The van der Waals surface area contributed by atoms with E-state index in [4.69, 9.17) is 0 Å². The largest absolute Gasteiger partial charge is 2.00 e. The molecule has 0 saturated heterocycles. The molecule has 0 rings (SSSR count). The summed E-state index contributed by atoms with van der Waals surface area (Å²) in [5, 5.41) is 19.5. The molecule has 0 atom stereocenters. The van der Waals surface area contributed by atoms with Crippen LogP contribution in [0.5, 0.6) is 0 Å². The van der Waals surface area contributed by atoms with Crippen LogP contribution in [0, 0.1) is 0 Å². The van der Waals surface area contributed by atoms with E-state index < -0.39 is 11.9 Å². The molecule has 18 heavy (non-hydrogen) atoms. The molecule has 0 bridgehead atoms. The van der Waals surface area contributed by atoms with Gasteiger partial charge in [-0.2, -0.15) is 0 Å². The smallest absolute Gasteiger partial charge is 0.550 e. The predicted molar refractivity (Wildman–Crippen MR) is 67.7 cm³/mol. The van der Waals surface area contributed by atoms with Crippen molar-refractivity contribution in [2.45, 2.75) is 65.2 Å². The van der Waals surface area contributed by atoms with E-state index in [-0.39, 0.29) is 56.1 Å². The summed E-state index contributed by atoms with van der Waals surface area (Å²) >= 11 is 0. The fourth-order valence-electron chi connectivity index (χ4n) is 1.04. The average molecular weight is 288 g/mol. The van der Waals surface area contributed by atoms with Gasteiger partial charge in [-0.05, 0) is 25.7 Å². The molecule has 0 radical (unpaired) electrons. The van der Waals surface area contributed by atoms with Gasteiger partial charge in [-0.1, -0.05) is 39.5 Å². The van der Waals surface area contributed by atoms with Gasteiger partial charge in [0, 0.05) is 11.9 Å². The first kappa shape index (κ1) is 26.7. The maximum atomic E-state index is 9.76. The Bertz CT molecular complexity index is 165. The third-order valence-corrected chi connectivity index (χ3v) is 1.97. The SMILES string of the molecule is CCCCCC(=O)[O-].CCCCCC(=O)[O-].O.[Ca+2]. The minimum Gasteiger partial charge on any atom is -0.550 e. The molecule has 0 spiro atoms. The van der Waals surface area contributed by atoms with Gasteiger partial charge >= 0.3 is 37.7 Å². The average Bonchev–Trinajstić information content (AvgIpc) is 2.18. The maximum absolute atomic E-state index is 9.76. The van der Waals surface area contributed by atoms with Gasteiger partial charge in [-0.15, -0.1) is 0 Å². The van der Waals surface area contributed by atoms with Gasteiger partial charge in [0.15, 0.2) is 0 Å². The fraction of sp³-hybridized carbons (Fsp3) is 0.833. The molecule has 0 saturated carbocycles. The Morgan fingerprint density at radius 1 is 0.778 bits per heavy atom. The van der Waals surface area contributed by atoms with Crippen molar-refractivity contribution < 1.29 is 25.3 Å². The normalized spacial score (nSPS) is 8.11. The molecule has 0 aliphatic rings. The molecule has 0 aliphatic heterocycles. The molecule has 6 heteroatoms. The van der Waals surface area contributed by atoms with Crippen LogP contribution in [0.3, 0.4) is 0 Å². The number of carboxylic acid groups (broad SMARTS) is 2. The number of carboxylic acids is 2. The standard InChI is InChI=1S/2C6H12O2.Ca.H2O/c2*1-2-3-4-5-6(7)8;;/h2*2-5H2,1H3,(H,7,8);;1H2/q;;+2;/p-2.